The molecule has 0 aliphatic heterocycles. The van der Waals surface area contributed by atoms with Gasteiger partial charge in [0.05, 0.1) is 11.8 Å². The van der Waals surface area contributed by atoms with Crippen LogP contribution in [0, 0.1) is 13.8 Å². The van der Waals surface area contributed by atoms with Crippen LogP contribution in [0.5, 0.6) is 0 Å². The first-order chi connectivity index (χ1) is 11.0. The molecule has 0 unspecified atom stereocenters. The Hall–Kier alpha value is -1.84. The van der Waals surface area contributed by atoms with Crippen molar-refractivity contribution in [3.05, 3.63) is 70.8 Å². The number of hydrogen-bond acceptors (Lipinski definition) is 3. The van der Waals surface area contributed by atoms with Gasteiger partial charge in [0.1, 0.15) is 5.71 Å². The molecule has 2 rings (SSSR count). The first-order valence-electron chi connectivity index (χ1n) is 7.01. The van der Waals surface area contributed by atoms with E-state index >= 15 is 0 Å². The lowest BCUT2D eigenvalue weighted by Crippen LogP contribution is -2.01. The molecule has 0 atom stereocenters. The van der Waals surface area contributed by atoms with Crippen molar-refractivity contribution in [1.82, 2.24) is 0 Å². The second-order valence-corrected chi connectivity index (χ2v) is 5.50. The summed E-state index contributed by atoms with van der Waals surface area (Å²) in [6.45, 7) is 3.98. The highest BCUT2D eigenvalue weighted by Crippen LogP contribution is 2.06. The zero-order chi connectivity index (χ0) is 17.2. The zero-order valence-corrected chi connectivity index (χ0v) is 14.6. The van der Waals surface area contributed by atoms with E-state index in [1.54, 1.807) is 12.1 Å². The lowest BCUT2D eigenvalue weighted by Gasteiger charge is -1.99. The molecule has 0 saturated heterocycles. The van der Waals surface area contributed by atoms with Gasteiger partial charge in [-0.2, -0.15) is 0 Å². The quantitative estimate of drug-likeness (QED) is 0.282. The molecule has 1 N–H and O–H groups in total. The van der Waals surface area contributed by atoms with Gasteiger partial charge in [-0.25, -0.2) is 0 Å². The SMILES string of the molecule is Cc1ccc(C(=O)CCl)cc1.Cc1ccc(C(CCl)=NO)cc1. The standard InChI is InChI=1S/C9H10ClNO.C9H9ClO/c1-7-2-4-8(5-3-7)9(6-10)11-12;1-7-2-4-8(5-3-7)9(11)6-10/h2-5,12H,6H2,1H3;2-5H,6H2,1H3. The van der Waals surface area contributed by atoms with Crippen LogP contribution in [0.15, 0.2) is 53.7 Å². The van der Waals surface area contributed by atoms with E-state index in [0.717, 1.165) is 11.1 Å². The Morgan fingerprint density at radius 1 is 0.870 bits per heavy atom. The molecule has 0 heterocycles. The third-order valence-corrected chi connectivity index (χ3v) is 3.62. The molecular weight excluding hydrogens is 333 g/mol. The average molecular weight is 352 g/mol. The topological polar surface area (TPSA) is 49.7 Å². The number of oxime groups is 1. The Labute approximate surface area is 146 Å². The number of ketones is 1. The molecule has 0 aliphatic rings. The third-order valence-electron chi connectivity index (χ3n) is 3.13. The Bertz CT molecular complexity index is 650. The van der Waals surface area contributed by atoms with E-state index in [-0.39, 0.29) is 17.5 Å². The van der Waals surface area contributed by atoms with E-state index in [9.17, 15) is 4.79 Å². The largest absolute Gasteiger partial charge is 0.411 e. The highest BCUT2D eigenvalue weighted by Gasteiger charge is 2.01. The molecule has 0 aliphatic carbocycles. The molecular formula is C18H19Cl2NO2. The van der Waals surface area contributed by atoms with Crippen molar-refractivity contribution < 1.29 is 10.0 Å². The summed E-state index contributed by atoms with van der Waals surface area (Å²) in [6, 6.07) is 15.1. The van der Waals surface area contributed by atoms with Crippen LogP contribution in [-0.4, -0.2) is 28.5 Å². The summed E-state index contributed by atoms with van der Waals surface area (Å²) in [5, 5.41) is 11.6. The minimum atomic E-state index is -0.0216. The van der Waals surface area contributed by atoms with Gasteiger partial charge in [0.25, 0.3) is 0 Å². The van der Waals surface area contributed by atoms with Crippen LogP contribution in [0.1, 0.15) is 27.0 Å². The van der Waals surface area contributed by atoms with Gasteiger partial charge in [-0.05, 0) is 13.8 Å². The Morgan fingerprint density at radius 2 is 1.30 bits per heavy atom. The summed E-state index contributed by atoms with van der Waals surface area (Å²) in [5.41, 5.74) is 4.36. The molecule has 122 valence electrons. The van der Waals surface area contributed by atoms with Gasteiger partial charge in [0.2, 0.25) is 0 Å². The monoisotopic (exact) mass is 351 g/mol. The molecule has 0 spiro atoms. The molecule has 0 saturated carbocycles. The van der Waals surface area contributed by atoms with Crippen LogP contribution in [-0.2, 0) is 0 Å². The second-order valence-electron chi connectivity index (χ2n) is 4.97. The normalized spacial score (nSPS) is 10.7. The minimum absolute atomic E-state index is 0.0216. The van der Waals surface area contributed by atoms with Crippen LogP contribution in [0.25, 0.3) is 0 Å². The minimum Gasteiger partial charge on any atom is -0.411 e. The molecule has 2 aromatic carbocycles. The predicted octanol–water partition coefficient (Wildman–Crippen LogP) is 4.83. The fourth-order valence-electron chi connectivity index (χ4n) is 1.72. The lowest BCUT2D eigenvalue weighted by molar-refractivity contribution is 0.102. The molecule has 0 bridgehead atoms. The maximum atomic E-state index is 11.0. The summed E-state index contributed by atoms with van der Waals surface area (Å²) in [7, 11) is 0. The van der Waals surface area contributed by atoms with Gasteiger partial charge in [-0.3, -0.25) is 4.79 Å². The second kappa shape index (κ2) is 10.0. The van der Waals surface area contributed by atoms with E-state index in [4.69, 9.17) is 28.4 Å². The van der Waals surface area contributed by atoms with Crippen molar-refractivity contribution in [2.45, 2.75) is 13.8 Å². The van der Waals surface area contributed by atoms with E-state index in [2.05, 4.69) is 5.16 Å². The van der Waals surface area contributed by atoms with Crippen molar-refractivity contribution in [2.75, 3.05) is 11.8 Å². The molecule has 0 aromatic heterocycles. The van der Waals surface area contributed by atoms with Crippen LogP contribution in [0.4, 0.5) is 0 Å². The van der Waals surface area contributed by atoms with Gasteiger partial charge in [-0.1, -0.05) is 64.8 Å². The Balaban J connectivity index is 0.000000231. The number of alkyl halides is 2. The number of hydrogen-bond donors (Lipinski definition) is 1. The zero-order valence-electron chi connectivity index (χ0n) is 13.1. The van der Waals surface area contributed by atoms with Gasteiger partial charge in [0, 0.05) is 11.1 Å². The first-order valence-corrected chi connectivity index (χ1v) is 8.08. The lowest BCUT2D eigenvalue weighted by atomic mass is 10.1. The molecule has 0 fully saturated rings. The molecule has 0 radical (unpaired) electrons. The molecule has 2 aromatic rings. The number of aryl methyl sites for hydroxylation is 2. The smallest absolute Gasteiger partial charge is 0.177 e. The highest BCUT2D eigenvalue weighted by atomic mass is 35.5. The predicted molar refractivity (Wildman–Crippen MR) is 96.5 cm³/mol. The van der Waals surface area contributed by atoms with Crippen LogP contribution in [0.3, 0.4) is 0 Å². The van der Waals surface area contributed by atoms with Crippen molar-refractivity contribution in [3.63, 3.8) is 0 Å². The van der Waals surface area contributed by atoms with Crippen molar-refractivity contribution in [2.24, 2.45) is 5.16 Å². The number of halogens is 2. The van der Waals surface area contributed by atoms with Gasteiger partial charge < -0.3 is 5.21 Å². The van der Waals surface area contributed by atoms with Gasteiger partial charge >= 0.3 is 0 Å². The Kier molecular flexibility index (Phi) is 8.38. The van der Waals surface area contributed by atoms with E-state index in [0.29, 0.717) is 11.3 Å². The molecule has 3 nitrogen and oxygen atoms in total. The number of Topliss-reactive ketones (excluding diaryl/α,β-unsaturated/α-hetero) is 1. The van der Waals surface area contributed by atoms with Crippen LogP contribution >= 0.6 is 23.2 Å². The molecule has 5 heteroatoms. The van der Waals surface area contributed by atoms with E-state index in [1.807, 2.05) is 50.2 Å². The number of carbonyl (C=O) groups is 1. The fourth-order valence-corrected chi connectivity index (χ4v) is 2.09. The third kappa shape index (κ3) is 6.43. The highest BCUT2D eigenvalue weighted by molar-refractivity contribution is 6.31. The molecule has 0 amide bonds. The van der Waals surface area contributed by atoms with Crippen LogP contribution < -0.4 is 0 Å². The summed E-state index contributed by atoms with van der Waals surface area (Å²) in [5.74, 6) is 0.259. The van der Waals surface area contributed by atoms with Crippen molar-refractivity contribution in [3.8, 4) is 0 Å². The number of nitrogens with zero attached hydrogens (tertiary/aromatic N) is 1. The van der Waals surface area contributed by atoms with Crippen molar-refractivity contribution >= 4 is 34.7 Å². The number of carbonyl (C=O) groups excluding carboxylic acids is 1. The van der Waals surface area contributed by atoms with Crippen LogP contribution in [0.2, 0.25) is 0 Å². The maximum Gasteiger partial charge on any atom is 0.177 e. The first kappa shape index (κ1) is 19.2. The number of rotatable bonds is 4. The number of benzene rings is 2. The van der Waals surface area contributed by atoms with E-state index in [1.165, 1.54) is 5.56 Å². The van der Waals surface area contributed by atoms with E-state index < -0.39 is 0 Å². The maximum absolute atomic E-state index is 11.0. The summed E-state index contributed by atoms with van der Waals surface area (Å²) < 4.78 is 0. The summed E-state index contributed by atoms with van der Waals surface area (Å²) in [4.78, 5) is 11.0. The Morgan fingerprint density at radius 3 is 1.65 bits per heavy atom. The van der Waals surface area contributed by atoms with Gasteiger partial charge in [0.15, 0.2) is 5.78 Å². The summed E-state index contributed by atoms with van der Waals surface area (Å²) >= 11 is 10.9. The molecule has 23 heavy (non-hydrogen) atoms. The average Bonchev–Trinajstić information content (AvgIpc) is 2.58. The summed E-state index contributed by atoms with van der Waals surface area (Å²) in [6.07, 6.45) is 0. The fraction of sp³-hybridized carbons (Fsp3) is 0.222. The van der Waals surface area contributed by atoms with Gasteiger partial charge in [-0.15, -0.1) is 23.2 Å². The van der Waals surface area contributed by atoms with Crippen molar-refractivity contribution in [1.29, 1.82) is 0 Å².